The minimum absolute atomic E-state index is 0.0184. The summed E-state index contributed by atoms with van der Waals surface area (Å²) in [6.45, 7) is 0. The molecular weight excluding hydrogens is 349 g/mol. The highest BCUT2D eigenvalue weighted by atomic mass is 19.4. The first-order chi connectivity index (χ1) is 11.6. The van der Waals surface area contributed by atoms with Gasteiger partial charge in [-0.1, -0.05) is 0 Å². The highest BCUT2D eigenvalue weighted by molar-refractivity contribution is 5.77. The van der Waals surface area contributed by atoms with Crippen LogP contribution >= 0.6 is 0 Å². The van der Waals surface area contributed by atoms with Crippen LogP contribution in [-0.4, -0.2) is 16.1 Å². The van der Waals surface area contributed by atoms with Gasteiger partial charge in [-0.2, -0.15) is 13.2 Å². The van der Waals surface area contributed by atoms with Gasteiger partial charge in [0.15, 0.2) is 0 Å². The van der Waals surface area contributed by atoms with Crippen molar-refractivity contribution in [1.82, 2.24) is 0 Å². The normalized spacial score (nSPS) is 11.0. The summed E-state index contributed by atoms with van der Waals surface area (Å²) in [5.41, 5.74) is -2.93. The lowest BCUT2D eigenvalue weighted by Crippen LogP contribution is -2.06. The quantitative estimate of drug-likeness (QED) is 0.452. The molecule has 0 N–H and O–H groups in total. The van der Waals surface area contributed by atoms with Gasteiger partial charge in [0, 0.05) is 17.7 Å². The smallest absolute Gasteiger partial charge is 0.416 e. The average molecular weight is 356 g/mol. The van der Waals surface area contributed by atoms with Crippen LogP contribution < -0.4 is 4.74 Å². The van der Waals surface area contributed by atoms with E-state index in [1.54, 1.807) is 0 Å². The van der Waals surface area contributed by atoms with E-state index in [0.29, 0.717) is 18.4 Å². The Hall–Kier alpha value is -3.50. The number of rotatable bonds is 5. The molecule has 0 saturated heterocycles. The Kier molecular flexibility index (Phi) is 4.68. The van der Waals surface area contributed by atoms with Crippen LogP contribution in [0.4, 0.5) is 24.5 Å². The number of nitro benzene ring substituents is 2. The molecule has 130 valence electrons. The van der Waals surface area contributed by atoms with E-state index in [1.165, 1.54) is 0 Å². The van der Waals surface area contributed by atoms with Gasteiger partial charge in [0.05, 0.1) is 15.4 Å². The van der Waals surface area contributed by atoms with Crippen LogP contribution in [0.15, 0.2) is 36.4 Å². The molecule has 0 aliphatic carbocycles. The molecule has 8 nitrogen and oxygen atoms in total. The molecule has 2 rings (SSSR count). The number of carbonyl (C=O) groups is 1. The van der Waals surface area contributed by atoms with Gasteiger partial charge in [0.25, 0.3) is 0 Å². The summed E-state index contributed by atoms with van der Waals surface area (Å²) in [7, 11) is 0. The van der Waals surface area contributed by atoms with Crippen LogP contribution in [0.25, 0.3) is 0 Å². The summed E-state index contributed by atoms with van der Waals surface area (Å²) in [5.74, 6) is -1.15. The zero-order chi connectivity index (χ0) is 18.8. The van der Waals surface area contributed by atoms with E-state index in [0.717, 1.165) is 18.2 Å². The van der Waals surface area contributed by atoms with Crippen molar-refractivity contribution in [2.45, 2.75) is 6.18 Å². The van der Waals surface area contributed by atoms with Gasteiger partial charge < -0.3 is 4.74 Å². The number of hydrogen-bond donors (Lipinski definition) is 0. The van der Waals surface area contributed by atoms with Crippen molar-refractivity contribution in [2.24, 2.45) is 0 Å². The number of nitrogens with zero attached hydrogens (tertiary/aromatic N) is 2. The van der Waals surface area contributed by atoms with E-state index >= 15 is 0 Å². The summed E-state index contributed by atoms with van der Waals surface area (Å²) in [5, 5.41) is 22.0. The largest absolute Gasteiger partial charge is 0.443 e. The van der Waals surface area contributed by atoms with Crippen molar-refractivity contribution in [3.63, 3.8) is 0 Å². The molecule has 0 aliphatic rings. The van der Waals surface area contributed by atoms with Crippen LogP contribution in [-0.2, 0) is 6.18 Å². The molecule has 25 heavy (non-hydrogen) atoms. The van der Waals surface area contributed by atoms with E-state index in [4.69, 9.17) is 4.74 Å². The van der Waals surface area contributed by atoms with Crippen molar-refractivity contribution in [3.05, 3.63) is 67.8 Å². The Morgan fingerprint density at radius 2 is 1.56 bits per heavy atom. The molecule has 0 amide bonds. The number of hydrogen-bond acceptors (Lipinski definition) is 6. The van der Waals surface area contributed by atoms with E-state index in [-0.39, 0.29) is 11.6 Å². The predicted molar refractivity (Wildman–Crippen MR) is 76.7 cm³/mol. The second-order valence-electron chi connectivity index (χ2n) is 4.64. The Labute approximate surface area is 136 Å². The molecule has 2 aromatic carbocycles. The SMILES string of the molecule is O=Cc1ccc([N+](=O)[O-])c(Oc2ccc(C(F)(F)F)cc2[N+](=O)[O-])c1. The lowest BCUT2D eigenvalue weighted by atomic mass is 10.1. The molecular formula is C14H7F3N2O6. The number of aldehydes is 1. The fourth-order valence-electron chi connectivity index (χ4n) is 1.88. The number of benzene rings is 2. The zero-order valence-corrected chi connectivity index (χ0v) is 12.0. The van der Waals surface area contributed by atoms with Gasteiger partial charge in [-0.05, 0) is 24.3 Å². The summed E-state index contributed by atoms with van der Waals surface area (Å²) in [6, 6.07) is 4.49. The molecule has 0 saturated carbocycles. The van der Waals surface area contributed by atoms with E-state index < -0.39 is 44.5 Å². The molecule has 0 fully saturated rings. The molecule has 0 spiro atoms. The highest BCUT2D eigenvalue weighted by Gasteiger charge is 2.33. The average Bonchev–Trinajstić information content (AvgIpc) is 2.53. The maximum Gasteiger partial charge on any atom is 0.416 e. The third kappa shape index (κ3) is 3.88. The van der Waals surface area contributed by atoms with E-state index in [9.17, 15) is 38.2 Å². The maximum absolute atomic E-state index is 12.7. The number of carbonyl (C=O) groups excluding carboxylic acids is 1. The second kappa shape index (κ2) is 6.55. The first-order valence-corrected chi connectivity index (χ1v) is 6.40. The number of halogens is 3. The van der Waals surface area contributed by atoms with E-state index in [2.05, 4.69) is 0 Å². The maximum atomic E-state index is 12.7. The molecule has 0 aromatic heterocycles. The molecule has 11 heteroatoms. The monoisotopic (exact) mass is 356 g/mol. The molecule has 0 aliphatic heterocycles. The van der Waals surface area contributed by atoms with Crippen molar-refractivity contribution in [1.29, 1.82) is 0 Å². The minimum Gasteiger partial charge on any atom is -0.443 e. The topological polar surface area (TPSA) is 113 Å². The lowest BCUT2D eigenvalue weighted by Gasteiger charge is -2.10. The number of nitro groups is 2. The van der Waals surface area contributed by atoms with Crippen molar-refractivity contribution in [2.75, 3.05) is 0 Å². The summed E-state index contributed by atoms with van der Waals surface area (Å²) in [4.78, 5) is 30.8. The number of ether oxygens (including phenoxy) is 1. The summed E-state index contributed by atoms with van der Waals surface area (Å²) in [6.07, 6.45) is -4.45. The molecule has 0 radical (unpaired) electrons. The van der Waals surface area contributed by atoms with Gasteiger partial charge in [-0.3, -0.25) is 25.0 Å². The van der Waals surface area contributed by atoms with Gasteiger partial charge in [0.1, 0.15) is 6.29 Å². The van der Waals surface area contributed by atoms with Crippen LogP contribution in [0, 0.1) is 20.2 Å². The fraction of sp³-hybridized carbons (Fsp3) is 0.0714. The standard InChI is InChI=1S/C14H7F3N2O6/c15-14(16,17)9-2-4-12(11(6-9)19(23)24)25-13-5-8(7-20)1-3-10(13)18(21)22/h1-7H. The number of alkyl halides is 3. The predicted octanol–water partition coefficient (Wildman–Crippen LogP) is 4.13. The second-order valence-corrected chi connectivity index (χ2v) is 4.64. The Balaban J connectivity index is 2.55. The molecule has 0 atom stereocenters. The van der Waals surface area contributed by atoms with Gasteiger partial charge in [0.2, 0.25) is 11.5 Å². The molecule has 0 heterocycles. The van der Waals surface area contributed by atoms with Gasteiger partial charge >= 0.3 is 17.6 Å². The Morgan fingerprint density at radius 3 is 2.08 bits per heavy atom. The highest BCUT2D eigenvalue weighted by Crippen LogP contribution is 2.40. The van der Waals surface area contributed by atoms with Gasteiger partial charge in [-0.15, -0.1) is 0 Å². The van der Waals surface area contributed by atoms with Crippen molar-refractivity contribution in [3.8, 4) is 11.5 Å². The summed E-state index contributed by atoms with van der Waals surface area (Å²) >= 11 is 0. The third-order valence-corrected chi connectivity index (χ3v) is 3.02. The van der Waals surface area contributed by atoms with E-state index in [1.807, 2.05) is 0 Å². The third-order valence-electron chi connectivity index (χ3n) is 3.02. The Morgan fingerprint density at radius 1 is 0.920 bits per heavy atom. The molecule has 0 bridgehead atoms. The minimum atomic E-state index is -4.81. The first kappa shape index (κ1) is 17.8. The molecule has 2 aromatic rings. The fourth-order valence-corrected chi connectivity index (χ4v) is 1.88. The van der Waals surface area contributed by atoms with Crippen LogP contribution in [0.2, 0.25) is 0 Å². The van der Waals surface area contributed by atoms with Crippen LogP contribution in [0.3, 0.4) is 0 Å². The van der Waals surface area contributed by atoms with Crippen molar-refractivity contribution >= 4 is 17.7 Å². The zero-order valence-electron chi connectivity index (χ0n) is 12.0. The van der Waals surface area contributed by atoms with Gasteiger partial charge in [-0.25, -0.2) is 0 Å². The first-order valence-electron chi connectivity index (χ1n) is 6.40. The summed E-state index contributed by atoms with van der Waals surface area (Å²) < 4.78 is 43.1. The lowest BCUT2D eigenvalue weighted by molar-refractivity contribution is -0.387. The molecule has 0 unspecified atom stereocenters. The Bertz CT molecular complexity index is 866. The van der Waals surface area contributed by atoms with Crippen LogP contribution in [0.1, 0.15) is 15.9 Å². The van der Waals surface area contributed by atoms with Crippen LogP contribution in [0.5, 0.6) is 11.5 Å². The van der Waals surface area contributed by atoms with Crippen molar-refractivity contribution < 1.29 is 32.5 Å².